The maximum Gasteiger partial charge on any atom is 0.262 e. The van der Waals surface area contributed by atoms with Gasteiger partial charge >= 0.3 is 0 Å². The largest absolute Gasteiger partial charge is 0.398 e. The Hall–Kier alpha value is -6.13. The molecule has 0 aromatic heterocycles. The van der Waals surface area contributed by atoms with Crippen LogP contribution in [0.5, 0.6) is 0 Å². The van der Waals surface area contributed by atoms with E-state index in [4.69, 9.17) is 5.73 Å². The predicted molar refractivity (Wildman–Crippen MR) is 323 cm³/mol. The maximum atomic E-state index is 12.9. The molecule has 0 unspecified atom stereocenters. The number of amides is 7. The van der Waals surface area contributed by atoms with Crippen LogP contribution in [0.4, 0.5) is 5.69 Å². The Morgan fingerprint density at radius 2 is 0.881 bits per heavy atom. The van der Waals surface area contributed by atoms with E-state index >= 15 is 0 Å². The fraction of sp³-hybridized carbons (Fsp3) is 0.544. The molecule has 4 aromatic carbocycles. The average Bonchev–Trinajstić information content (AvgIpc) is 1.68. The fourth-order valence-electron chi connectivity index (χ4n) is 19.0. The number of carbonyl (C=O) groups is 7. The SMILES string of the molecule is C[C@@H]1N2C(=O)[C@@H](N3C(=O)c4ccccc4C3=O)[C@H]2SC1(C)C.C[C@@H]1N2C(=O)[C@@H](N3Cc4ccccc4C3=O)[C@H]2SC1(C)C.Nc1cccc2c1CN(C13CC4CC(CC(C4)C1)C3)C2=O.O=C1c2ccccc2CN1C1C2CC3CC(C2)CC1C3. The minimum Gasteiger partial charge on any atom is -0.398 e. The Kier molecular flexibility index (Phi) is 12.6. The number of nitrogens with zero attached hydrogens (tertiary/aromatic N) is 6. The van der Waals surface area contributed by atoms with Crippen LogP contribution in [0.15, 0.2) is 91.0 Å². The van der Waals surface area contributed by atoms with Crippen molar-refractivity contribution in [3.8, 4) is 0 Å². The van der Waals surface area contributed by atoms with Crippen molar-refractivity contribution in [3.63, 3.8) is 0 Å². The molecule has 6 atom stereocenters. The van der Waals surface area contributed by atoms with Crippen LogP contribution in [0.1, 0.15) is 181 Å². The van der Waals surface area contributed by atoms with Gasteiger partial charge in [-0.15, -0.1) is 23.5 Å². The Labute approximate surface area is 501 Å². The number of nitrogen functional groups attached to an aromatic ring is 1. The summed E-state index contributed by atoms with van der Waals surface area (Å²) in [5.41, 5.74) is 13.7. The molecule has 8 aliphatic heterocycles. The van der Waals surface area contributed by atoms with Crippen molar-refractivity contribution >= 4 is 70.6 Å². The minimum absolute atomic E-state index is 0.00144. The van der Waals surface area contributed by atoms with E-state index in [9.17, 15) is 33.6 Å². The van der Waals surface area contributed by atoms with E-state index in [1.165, 1.54) is 76.2 Å². The van der Waals surface area contributed by atoms with E-state index < -0.39 is 6.04 Å². The Balaban J connectivity index is 0.0000000953. The first-order valence-corrected chi connectivity index (χ1v) is 32.9. The van der Waals surface area contributed by atoms with Gasteiger partial charge in [-0.05, 0) is 201 Å². The molecule has 0 radical (unpaired) electrons. The summed E-state index contributed by atoms with van der Waals surface area (Å²) >= 11 is 3.48. The van der Waals surface area contributed by atoms with Crippen LogP contribution >= 0.6 is 23.5 Å². The summed E-state index contributed by atoms with van der Waals surface area (Å²) in [6, 6.07) is 28.3. The number of imide groups is 1. The number of fused-ring (bicyclic) bond motifs is 6. The summed E-state index contributed by atoms with van der Waals surface area (Å²) in [4.78, 5) is 99.5. The summed E-state index contributed by atoms with van der Waals surface area (Å²) < 4.78 is -0.0293. The molecule has 7 amide bonds. The Bertz CT molecular complexity index is 3410. The van der Waals surface area contributed by atoms with Gasteiger partial charge in [0.05, 0.1) is 11.1 Å². The molecular weight excluding hydrogens is 1090 g/mol. The smallest absolute Gasteiger partial charge is 0.262 e. The van der Waals surface area contributed by atoms with Crippen LogP contribution in [0.2, 0.25) is 0 Å². The second-order valence-electron chi connectivity index (χ2n) is 28.5. The van der Waals surface area contributed by atoms with E-state index in [-0.39, 0.29) is 79.3 Å². The highest BCUT2D eigenvalue weighted by atomic mass is 32.2. The molecule has 16 heteroatoms. The summed E-state index contributed by atoms with van der Waals surface area (Å²) in [6.45, 7) is 14.8. The lowest BCUT2D eigenvalue weighted by atomic mass is 9.52. The number of carbonyl (C=O) groups excluding carboxylic acids is 7. The Morgan fingerprint density at radius 3 is 1.38 bits per heavy atom. The van der Waals surface area contributed by atoms with Gasteiger partial charge in [-0.25, -0.2) is 0 Å². The lowest BCUT2D eigenvalue weighted by molar-refractivity contribution is -0.153. The van der Waals surface area contributed by atoms with Crippen LogP contribution in [0.25, 0.3) is 0 Å². The molecule has 0 spiro atoms. The number of nitrogens with two attached hydrogens (primary N) is 1. The number of benzene rings is 4. The van der Waals surface area contributed by atoms with Gasteiger partial charge < -0.3 is 30.2 Å². The van der Waals surface area contributed by atoms with Crippen molar-refractivity contribution < 1.29 is 33.6 Å². The molecule has 20 rings (SSSR count). The van der Waals surface area contributed by atoms with Crippen molar-refractivity contribution in [1.29, 1.82) is 0 Å². The molecule has 8 aliphatic carbocycles. The standard InChI is InChI=1S/C18H22N2O.C18H21NO.C16H16N2O3S.C16H18N2O2S/c19-16-3-1-2-14-15(16)10-20(17(14)21)18-7-11-4-12(8-18)6-13(5-11)9-18;20-18-16-4-2-1-3-13(16)10-19(18)17-14-6-11-5-12(8-14)9-15(17)7-11;1-8-16(2,3)22-15-11(14(21)17(8)15)18-12(19)9-6-4-5-7-10(9)13(18)20;1-9-16(2,3)21-15-12(14(20)18(9)15)17-8-10-6-4-5-7-11(10)13(17)19/h1-3,11-13H,4-10,19H2;1-4,11-12,14-15,17H,5-10H2;4-8,11,15H,1-3H3;4-7,9,12,15H,8H2,1-3H3/t;;8-,11+,15+;9-,12+,15+/m..00/s1. The molecule has 84 heavy (non-hydrogen) atoms. The lowest BCUT2D eigenvalue weighted by Crippen LogP contribution is -2.70. The van der Waals surface area contributed by atoms with Crippen molar-refractivity contribution in [2.45, 2.75) is 188 Å². The minimum atomic E-state index is -0.665. The van der Waals surface area contributed by atoms with E-state index in [0.29, 0.717) is 29.6 Å². The number of hydrogen-bond acceptors (Lipinski definition) is 10. The molecule has 8 saturated carbocycles. The summed E-state index contributed by atoms with van der Waals surface area (Å²) in [5.74, 6) is 5.97. The zero-order valence-corrected chi connectivity index (χ0v) is 50.7. The van der Waals surface area contributed by atoms with Gasteiger partial charge in [0, 0.05) is 80.7 Å². The zero-order valence-electron chi connectivity index (χ0n) is 49.1. The highest BCUT2D eigenvalue weighted by Gasteiger charge is 2.66. The molecular formula is C68H77N7O7S2. The van der Waals surface area contributed by atoms with Crippen molar-refractivity contribution in [1.82, 2.24) is 29.4 Å². The first-order valence-electron chi connectivity index (χ1n) is 31.1. The van der Waals surface area contributed by atoms with E-state index in [1.807, 2.05) is 78.2 Å². The quantitative estimate of drug-likeness (QED) is 0.118. The third-order valence-electron chi connectivity index (χ3n) is 23.1. The molecule has 16 aliphatic rings. The average molecular weight is 1170 g/mol. The van der Waals surface area contributed by atoms with E-state index in [1.54, 1.807) is 45.8 Å². The molecule has 8 heterocycles. The first kappa shape index (κ1) is 54.5. The molecule has 2 N–H and O–H groups in total. The van der Waals surface area contributed by atoms with Gasteiger partial charge in [0.2, 0.25) is 11.8 Å². The lowest BCUT2D eigenvalue weighted by Gasteiger charge is -2.59. The molecule has 14 nitrogen and oxygen atoms in total. The second-order valence-corrected chi connectivity index (χ2v) is 32.0. The van der Waals surface area contributed by atoms with Gasteiger partial charge in [-0.3, -0.25) is 38.5 Å². The van der Waals surface area contributed by atoms with Gasteiger partial charge in [-0.1, -0.05) is 54.6 Å². The van der Waals surface area contributed by atoms with Crippen molar-refractivity contribution in [2.75, 3.05) is 5.73 Å². The number of hydrogen-bond donors (Lipinski definition) is 1. The first-order chi connectivity index (χ1) is 40.2. The third kappa shape index (κ3) is 8.19. The summed E-state index contributed by atoms with van der Waals surface area (Å²) in [6.07, 6.45) is 15.0. The zero-order chi connectivity index (χ0) is 58.2. The monoisotopic (exact) mass is 1170 g/mol. The van der Waals surface area contributed by atoms with Gasteiger partial charge in [-0.2, -0.15) is 0 Å². The van der Waals surface area contributed by atoms with Crippen molar-refractivity contribution in [2.24, 2.45) is 41.4 Å². The highest BCUT2D eigenvalue weighted by molar-refractivity contribution is 8.02. The number of anilines is 1. The summed E-state index contributed by atoms with van der Waals surface area (Å²) in [5, 5.41) is -0.0134. The van der Waals surface area contributed by atoms with Crippen LogP contribution in [-0.2, 0) is 29.2 Å². The van der Waals surface area contributed by atoms with E-state index in [2.05, 4.69) is 56.6 Å². The van der Waals surface area contributed by atoms with E-state index in [0.717, 1.165) is 92.9 Å². The predicted octanol–water partition coefficient (Wildman–Crippen LogP) is 10.5. The molecule has 12 fully saturated rings. The van der Waals surface area contributed by atoms with Gasteiger partial charge in [0.15, 0.2) is 0 Å². The molecule has 438 valence electrons. The summed E-state index contributed by atoms with van der Waals surface area (Å²) in [7, 11) is 0. The third-order valence-corrected chi connectivity index (χ3v) is 26.4. The van der Waals surface area contributed by atoms with Crippen molar-refractivity contribution in [3.05, 3.63) is 136 Å². The Morgan fingerprint density at radius 1 is 0.452 bits per heavy atom. The fourth-order valence-corrected chi connectivity index (χ4v) is 22.5. The molecule has 8 bridgehead atoms. The number of thioether (sulfide) groups is 2. The number of rotatable bonds is 4. The topological polar surface area (TPSA) is 165 Å². The molecule has 4 saturated heterocycles. The second kappa shape index (κ2) is 19.4. The normalized spacial score (nSPS) is 36.5. The van der Waals surface area contributed by atoms with Gasteiger partial charge in [0.1, 0.15) is 22.8 Å². The number of β-lactam (4-membered cyclic amide) rings is 2. The molecule has 4 aromatic rings. The van der Waals surface area contributed by atoms with Gasteiger partial charge in [0.25, 0.3) is 29.5 Å². The van der Waals surface area contributed by atoms with Crippen LogP contribution < -0.4 is 5.73 Å². The van der Waals surface area contributed by atoms with Crippen LogP contribution in [-0.4, -0.2) is 127 Å². The van der Waals surface area contributed by atoms with Crippen LogP contribution in [0.3, 0.4) is 0 Å². The van der Waals surface area contributed by atoms with Crippen LogP contribution in [0, 0.1) is 41.4 Å². The maximum absolute atomic E-state index is 12.9. The highest BCUT2D eigenvalue weighted by Crippen LogP contribution is 2.60.